The summed E-state index contributed by atoms with van der Waals surface area (Å²) in [6.45, 7) is 0.640. The highest BCUT2D eigenvalue weighted by Crippen LogP contribution is 2.21. The van der Waals surface area contributed by atoms with Crippen molar-refractivity contribution in [3.8, 4) is 10.7 Å². The van der Waals surface area contributed by atoms with E-state index in [-0.39, 0.29) is 5.91 Å². The van der Waals surface area contributed by atoms with Gasteiger partial charge in [-0.05, 0) is 22.9 Å². The summed E-state index contributed by atoms with van der Waals surface area (Å²) in [6.07, 6.45) is 0.833. The second kappa shape index (κ2) is 6.85. The highest BCUT2D eigenvalue weighted by Gasteiger charge is 2.14. The van der Waals surface area contributed by atoms with E-state index in [1.54, 1.807) is 27.6 Å². The van der Waals surface area contributed by atoms with E-state index < -0.39 is 0 Å². The van der Waals surface area contributed by atoms with Crippen LogP contribution in [-0.4, -0.2) is 28.0 Å². The maximum Gasteiger partial charge on any atom is 0.227 e. The molecule has 0 aromatic carbocycles. The van der Waals surface area contributed by atoms with Gasteiger partial charge in [0.15, 0.2) is 0 Å². The van der Waals surface area contributed by atoms with Crippen LogP contribution in [0.15, 0.2) is 39.5 Å². The molecule has 0 saturated carbocycles. The zero-order valence-corrected chi connectivity index (χ0v) is 13.7. The van der Waals surface area contributed by atoms with E-state index >= 15 is 0 Å². The van der Waals surface area contributed by atoms with Crippen molar-refractivity contribution in [1.82, 2.24) is 15.0 Å². The summed E-state index contributed by atoms with van der Waals surface area (Å²) in [5.41, 5.74) is 0. The van der Waals surface area contributed by atoms with Gasteiger partial charge in [0.25, 0.3) is 0 Å². The lowest BCUT2D eigenvalue weighted by atomic mass is 10.2. The van der Waals surface area contributed by atoms with Gasteiger partial charge in [-0.1, -0.05) is 17.3 Å². The van der Waals surface area contributed by atoms with E-state index in [4.69, 9.17) is 4.52 Å². The monoisotopic (exact) mass is 333 g/mol. The van der Waals surface area contributed by atoms with Crippen LogP contribution in [0.3, 0.4) is 0 Å². The fourth-order valence-corrected chi connectivity index (χ4v) is 3.40. The standard InChI is InChI=1S/C15H15N3O2S2/c1-18(10-11-4-2-8-21-11)14(19)7-6-13-16-15(17-20-13)12-5-3-9-22-12/h2-5,8-9H,6-7,10H2,1H3. The van der Waals surface area contributed by atoms with Gasteiger partial charge < -0.3 is 9.42 Å². The molecule has 0 N–H and O–H groups in total. The highest BCUT2D eigenvalue weighted by atomic mass is 32.1. The first kappa shape index (κ1) is 14.9. The number of aryl methyl sites for hydroxylation is 1. The fraction of sp³-hybridized carbons (Fsp3) is 0.267. The van der Waals surface area contributed by atoms with Gasteiger partial charge in [-0.15, -0.1) is 22.7 Å². The molecular weight excluding hydrogens is 318 g/mol. The minimum atomic E-state index is 0.0734. The molecule has 0 unspecified atom stereocenters. The van der Waals surface area contributed by atoms with Crippen LogP contribution in [-0.2, 0) is 17.8 Å². The third kappa shape index (κ3) is 3.61. The first-order valence-corrected chi connectivity index (χ1v) is 8.61. The molecule has 3 heterocycles. The van der Waals surface area contributed by atoms with E-state index in [9.17, 15) is 4.79 Å². The predicted molar refractivity (Wildman–Crippen MR) is 86.7 cm³/mol. The minimum absolute atomic E-state index is 0.0734. The van der Waals surface area contributed by atoms with Crippen molar-refractivity contribution < 1.29 is 9.32 Å². The topological polar surface area (TPSA) is 59.2 Å². The van der Waals surface area contributed by atoms with Crippen LogP contribution in [0.5, 0.6) is 0 Å². The molecular formula is C15H15N3O2S2. The Kier molecular flexibility index (Phi) is 4.65. The zero-order chi connectivity index (χ0) is 15.4. The molecule has 0 atom stereocenters. The first-order valence-electron chi connectivity index (χ1n) is 6.85. The smallest absolute Gasteiger partial charge is 0.227 e. The summed E-state index contributed by atoms with van der Waals surface area (Å²) < 4.78 is 5.20. The summed E-state index contributed by atoms with van der Waals surface area (Å²) in [7, 11) is 1.81. The Balaban J connectivity index is 1.52. The van der Waals surface area contributed by atoms with Crippen molar-refractivity contribution in [2.75, 3.05) is 7.05 Å². The largest absolute Gasteiger partial charge is 0.341 e. The van der Waals surface area contributed by atoms with Gasteiger partial charge in [-0.3, -0.25) is 4.79 Å². The SMILES string of the molecule is CN(Cc1cccs1)C(=O)CCc1nc(-c2cccs2)no1. The van der Waals surface area contributed by atoms with Crippen LogP contribution < -0.4 is 0 Å². The van der Waals surface area contributed by atoms with Crippen LogP contribution in [0.2, 0.25) is 0 Å². The Hall–Kier alpha value is -1.99. The lowest BCUT2D eigenvalue weighted by Crippen LogP contribution is -2.26. The molecule has 22 heavy (non-hydrogen) atoms. The Labute approximate surface area is 136 Å². The Morgan fingerprint density at radius 1 is 1.27 bits per heavy atom. The molecule has 0 radical (unpaired) electrons. The number of thiophene rings is 2. The first-order chi connectivity index (χ1) is 10.7. The lowest BCUT2D eigenvalue weighted by molar-refractivity contribution is -0.130. The van der Waals surface area contributed by atoms with Gasteiger partial charge in [0.1, 0.15) is 0 Å². The lowest BCUT2D eigenvalue weighted by Gasteiger charge is -2.15. The normalized spacial score (nSPS) is 10.8. The highest BCUT2D eigenvalue weighted by molar-refractivity contribution is 7.13. The van der Waals surface area contributed by atoms with E-state index in [2.05, 4.69) is 10.1 Å². The van der Waals surface area contributed by atoms with Gasteiger partial charge >= 0.3 is 0 Å². The molecule has 0 saturated heterocycles. The molecule has 3 aromatic heterocycles. The maximum atomic E-state index is 12.1. The number of nitrogens with zero attached hydrogens (tertiary/aromatic N) is 3. The summed E-state index contributed by atoms with van der Waals surface area (Å²) in [6, 6.07) is 7.90. The van der Waals surface area contributed by atoms with E-state index in [1.165, 1.54) is 4.88 Å². The molecule has 7 heteroatoms. The van der Waals surface area contributed by atoms with Gasteiger partial charge in [0, 0.05) is 24.8 Å². The number of carbonyl (C=O) groups excluding carboxylic acids is 1. The van der Waals surface area contributed by atoms with Gasteiger partial charge in [-0.25, -0.2) is 0 Å². The third-order valence-electron chi connectivity index (χ3n) is 3.16. The van der Waals surface area contributed by atoms with Crippen molar-refractivity contribution in [3.05, 3.63) is 45.8 Å². The summed E-state index contributed by atoms with van der Waals surface area (Å²) in [5.74, 6) is 1.16. The molecule has 0 aliphatic rings. The second-order valence-electron chi connectivity index (χ2n) is 4.82. The maximum absolute atomic E-state index is 12.1. The Bertz CT molecular complexity index is 720. The fourth-order valence-electron chi connectivity index (χ4n) is 1.99. The van der Waals surface area contributed by atoms with Crippen LogP contribution in [0.1, 0.15) is 17.2 Å². The summed E-state index contributed by atoms with van der Waals surface area (Å²) in [4.78, 5) is 20.3. The average molecular weight is 333 g/mol. The van der Waals surface area contributed by atoms with Gasteiger partial charge in [0.2, 0.25) is 17.6 Å². The average Bonchev–Trinajstić information content (AvgIpc) is 3.25. The molecule has 0 spiro atoms. The predicted octanol–water partition coefficient (Wildman–Crippen LogP) is 3.45. The van der Waals surface area contributed by atoms with Crippen LogP contribution in [0, 0.1) is 0 Å². The molecule has 3 aromatic rings. The molecule has 0 fully saturated rings. The Morgan fingerprint density at radius 3 is 2.82 bits per heavy atom. The van der Waals surface area contributed by atoms with E-state index in [1.807, 2.05) is 42.1 Å². The zero-order valence-electron chi connectivity index (χ0n) is 12.1. The van der Waals surface area contributed by atoms with Crippen molar-refractivity contribution >= 4 is 28.6 Å². The van der Waals surface area contributed by atoms with Crippen molar-refractivity contribution in [2.24, 2.45) is 0 Å². The minimum Gasteiger partial charge on any atom is -0.341 e. The molecule has 3 rings (SSSR count). The van der Waals surface area contributed by atoms with E-state index in [0.29, 0.717) is 31.1 Å². The number of rotatable bonds is 6. The molecule has 114 valence electrons. The van der Waals surface area contributed by atoms with Gasteiger partial charge in [-0.2, -0.15) is 4.98 Å². The molecule has 0 aliphatic heterocycles. The summed E-state index contributed by atoms with van der Waals surface area (Å²) in [5, 5.41) is 7.92. The third-order valence-corrected chi connectivity index (χ3v) is 4.89. The van der Waals surface area contributed by atoms with Crippen molar-refractivity contribution in [1.29, 1.82) is 0 Å². The quantitative estimate of drug-likeness (QED) is 0.693. The summed E-state index contributed by atoms with van der Waals surface area (Å²) >= 11 is 3.21. The van der Waals surface area contributed by atoms with Gasteiger partial charge in [0.05, 0.1) is 11.4 Å². The van der Waals surface area contributed by atoms with E-state index in [0.717, 1.165) is 4.88 Å². The van der Waals surface area contributed by atoms with Crippen LogP contribution >= 0.6 is 22.7 Å². The number of hydrogen-bond donors (Lipinski definition) is 0. The molecule has 0 bridgehead atoms. The Morgan fingerprint density at radius 2 is 2.09 bits per heavy atom. The van der Waals surface area contributed by atoms with Crippen molar-refractivity contribution in [3.63, 3.8) is 0 Å². The molecule has 1 amide bonds. The molecule has 5 nitrogen and oxygen atoms in total. The number of aromatic nitrogens is 2. The van der Waals surface area contributed by atoms with Crippen molar-refractivity contribution in [2.45, 2.75) is 19.4 Å². The van der Waals surface area contributed by atoms with Crippen LogP contribution in [0.25, 0.3) is 10.7 Å². The number of carbonyl (C=O) groups is 1. The molecule has 0 aliphatic carbocycles. The number of hydrogen-bond acceptors (Lipinski definition) is 6. The number of amides is 1. The second-order valence-corrected chi connectivity index (χ2v) is 6.80. The van der Waals surface area contributed by atoms with Crippen LogP contribution in [0.4, 0.5) is 0 Å².